The van der Waals surface area contributed by atoms with Gasteiger partial charge in [0.05, 0.1) is 0 Å². The van der Waals surface area contributed by atoms with Gasteiger partial charge in [-0.1, -0.05) is 48.5 Å². The number of benzene rings is 2. The molecule has 0 fully saturated rings. The summed E-state index contributed by atoms with van der Waals surface area (Å²) in [6.07, 6.45) is 2.24. The molecule has 0 spiro atoms. The summed E-state index contributed by atoms with van der Waals surface area (Å²) in [5.74, 6) is 1.66. The molecule has 152 valence electrons. The van der Waals surface area contributed by atoms with Gasteiger partial charge in [-0.3, -0.25) is 9.36 Å². The van der Waals surface area contributed by atoms with Crippen LogP contribution in [0.3, 0.4) is 0 Å². The highest BCUT2D eigenvalue weighted by atomic mass is 35.5. The molecule has 1 heterocycles. The fourth-order valence-corrected chi connectivity index (χ4v) is 3.82. The van der Waals surface area contributed by atoms with Crippen LogP contribution in [0.2, 0.25) is 5.02 Å². The minimum Gasteiger partial charge on any atom is -0.354 e. The average Bonchev–Trinajstić information content (AvgIpc) is 3.16. The van der Waals surface area contributed by atoms with Gasteiger partial charge in [0, 0.05) is 34.5 Å². The molecule has 7 heteroatoms. The minimum absolute atomic E-state index is 0.103. The first kappa shape index (κ1) is 21.4. The zero-order chi connectivity index (χ0) is 20.6. The Hall–Kier alpha value is -2.31. The van der Waals surface area contributed by atoms with Crippen molar-refractivity contribution in [2.75, 3.05) is 5.75 Å². The molecule has 1 aromatic heterocycles. The normalized spacial score (nSPS) is 12.0. The van der Waals surface area contributed by atoms with Crippen LogP contribution >= 0.6 is 23.4 Å². The Balaban J connectivity index is 1.74. The van der Waals surface area contributed by atoms with Gasteiger partial charge < -0.3 is 5.32 Å². The van der Waals surface area contributed by atoms with Crippen molar-refractivity contribution >= 4 is 29.3 Å². The van der Waals surface area contributed by atoms with Crippen LogP contribution < -0.4 is 5.32 Å². The summed E-state index contributed by atoms with van der Waals surface area (Å²) in [5.41, 5.74) is 1.95. The zero-order valence-corrected chi connectivity index (χ0v) is 18.2. The van der Waals surface area contributed by atoms with Crippen LogP contribution in [0.1, 0.15) is 33.1 Å². The lowest BCUT2D eigenvalue weighted by atomic mass is 10.2. The number of carbonyl (C=O) groups excluding carboxylic acids is 1. The van der Waals surface area contributed by atoms with Crippen LogP contribution in [-0.2, 0) is 4.79 Å². The van der Waals surface area contributed by atoms with Crippen molar-refractivity contribution in [3.8, 4) is 17.1 Å². The minimum atomic E-state index is 0.103. The molecule has 2 aromatic carbocycles. The molecule has 0 aliphatic rings. The van der Waals surface area contributed by atoms with E-state index in [0.717, 1.165) is 40.8 Å². The Labute approximate surface area is 180 Å². The lowest BCUT2D eigenvalue weighted by Crippen LogP contribution is -2.31. The van der Waals surface area contributed by atoms with Crippen LogP contribution in [0, 0.1) is 0 Å². The van der Waals surface area contributed by atoms with Crippen LogP contribution in [0.5, 0.6) is 0 Å². The van der Waals surface area contributed by atoms with Gasteiger partial charge in [0.1, 0.15) is 0 Å². The number of carbonyl (C=O) groups is 1. The predicted molar refractivity (Wildman–Crippen MR) is 120 cm³/mol. The number of aromatic nitrogens is 3. The summed E-state index contributed by atoms with van der Waals surface area (Å²) in [6.45, 7) is 4.09. The Bertz CT molecular complexity index is 928. The van der Waals surface area contributed by atoms with E-state index in [4.69, 9.17) is 11.6 Å². The van der Waals surface area contributed by atoms with Crippen molar-refractivity contribution in [1.29, 1.82) is 0 Å². The molecule has 5 nitrogen and oxygen atoms in total. The SMILES string of the molecule is CCC(C)NC(=O)CCCSc1nnc(-c2ccc(Cl)cc2)n1-c1ccccc1. The van der Waals surface area contributed by atoms with Gasteiger partial charge in [0.25, 0.3) is 0 Å². The molecule has 0 saturated heterocycles. The standard InChI is InChI=1S/C22H25ClN4OS/c1-3-16(2)24-20(28)10-7-15-29-22-26-25-21(17-11-13-18(23)14-12-17)27(22)19-8-5-4-6-9-19/h4-6,8-9,11-14,16H,3,7,10,15H2,1-2H3,(H,24,28). The monoisotopic (exact) mass is 428 g/mol. The number of halogens is 1. The van der Waals surface area contributed by atoms with Crippen molar-refractivity contribution in [2.24, 2.45) is 0 Å². The van der Waals surface area contributed by atoms with E-state index in [1.165, 1.54) is 0 Å². The first-order valence-corrected chi connectivity index (χ1v) is 11.1. The molecule has 3 rings (SSSR count). The van der Waals surface area contributed by atoms with Crippen LogP contribution in [-0.4, -0.2) is 32.5 Å². The highest BCUT2D eigenvalue weighted by Gasteiger charge is 2.16. The third kappa shape index (κ3) is 5.84. The fraction of sp³-hybridized carbons (Fsp3) is 0.318. The van der Waals surface area contributed by atoms with E-state index < -0.39 is 0 Å². The molecular formula is C22H25ClN4OS. The summed E-state index contributed by atoms with van der Waals surface area (Å²) in [4.78, 5) is 12.0. The van der Waals surface area contributed by atoms with Gasteiger partial charge in [-0.05, 0) is 56.2 Å². The van der Waals surface area contributed by atoms with E-state index in [2.05, 4.69) is 22.4 Å². The number of hydrogen-bond acceptors (Lipinski definition) is 4. The van der Waals surface area contributed by atoms with Gasteiger partial charge in [0.15, 0.2) is 11.0 Å². The predicted octanol–water partition coefficient (Wildman–Crippen LogP) is 5.37. The van der Waals surface area contributed by atoms with Crippen molar-refractivity contribution < 1.29 is 4.79 Å². The van der Waals surface area contributed by atoms with Gasteiger partial charge >= 0.3 is 0 Å². The van der Waals surface area contributed by atoms with Crippen molar-refractivity contribution in [2.45, 2.75) is 44.3 Å². The highest BCUT2D eigenvalue weighted by Crippen LogP contribution is 2.29. The third-order valence-electron chi connectivity index (χ3n) is 4.55. The largest absolute Gasteiger partial charge is 0.354 e. The molecule has 3 aromatic rings. The topological polar surface area (TPSA) is 59.8 Å². The maximum atomic E-state index is 12.0. The fourth-order valence-electron chi connectivity index (χ4n) is 2.80. The maximum Gasteiger partial charge on any atom is 0.220 e. The lowest BCUT2D eigenvalue weighted by molar-refractivity contribution is -0.121. The Morgan fingerprint density at radius 3 is 2.55 bits per heavy atom. The summed E-state index contributed by atoms with van der Waals surface area (Å²) in [5, 5.41) is 13.3. The zero-order valence-electron chi connectivity index (χ0n) is 16.6. The molecule has 29 heavy (non-hydrogen) atoms. The van der Waals surface area contributed by atoms with Crippen molar-refractivity contribution in [3.05, 3.63) is 59.6 Å². The number of nitrogens with zero attached hydrogens (tertiary/aromatic N) is 3. The molecule has 1 N–H and O–H groups in total. The molecule has 0 aliphatic carbocycles. The first-order valence-electron chi connectivity index (χ1n) is 9.77. The number of thioether (sulfide) groups is 1. The maximum absolute atomic E-state index is 12.0. The van der Waals surface area contributed by atoms with Crippen LogP contribution in [0.4, 0.5) is 0 Å². The second-order valence-electron chi connectivity index (χ2n) is 6.81. The molecule has 1 atom stereocenters. The Morgan fingerprint density at radius 1 is 1.14 bits per heavy atom. The molecule has 1 amide bonds. The molecule has 0 aliphatic heterocycles. The first-order chi connectivity index (χ1) is 14.1. The van der Waals surface area contributed by atoms with Gasteiger partial charge in [-0.2, -0.15) is 0 Å². The van der Waals surface area contributed by atoms with E-state index in [9.17, 15) is 4.79 Å². The molecular weight excluding hydrogens is 404 g/mol. The van der Waals surface area contributed by atoms with Gasteiger partial charge in [-0.25, -0.2) is 0 Å². The van der Waals surface area contributed by atoms with Crippen molar-refractivity contribution in [3.63, 3.8) is 0 Å². The smallest absolute Gasteiger partial charge is 0.220 e. The average molecular weight is 429 g/mol. The molecule has 0 radical (unpaired) electrons. The van der Waals surface area contributed by atoms with Gasteiger partial charge in [0.2, 0.25) is 5.91 Å². The number of nitrogens with one attached hydrogen (secondary N) is 1. The van der Waals surface area contributed by atoms with Gasteiger partial charge in [-0.15, -0.1) is 10.2 Å². The van der Waals surface area contributed by atoms with E-state index in [1.807, 2.05) is 66.1 Å². The number of para-hydroxylation sites is 1. The quantitative estimate of drug-likeness (QED) is 0.367. The van der Waals surface area contributed by atoms with Crippen LogP contribution in [0.25, 0.3) is 17.1 Å². The lowest BCUT2D eigenvalue weighted by Gasteiger charge is -2.12. The highest BCUT2D eigenvalue weighted by molar-refractivity contribution is 7.99. The molecule has 0 bridgehead atoms. The van der Waals surface area contributed by atoms with E-state index in [-0.39, 0.29) is 11.9 Å². The summed E-state index contributed by atoms with van der Waals surface area (Å²) in [7, 11) is 0. The summed E-state index contributed by atoms with van der Waals surface area (Å²) < 4.78 is 2.05. The van der Waals surface area contributed by atoms with E-state index in [0.29, 0.717) is 11.4 Å². The Morgan fingerprint density at radius 2 is 1.86 bits per heavy atom. The van der Waals surface area contributed by atoms with Crippen LogP contribution in [0.15, 0.2) is 59.8 Å². The van der Waals surface area contributed by atoms with E-state index in [1.54, 1.807) is 11.8 Å². The molecule has 1 unspecified atom stereocenters. The van der Waals surface area contributed by atoms with Crippen molar-refractivity contribution in [1.82, 2.24) is 20.1 Å². The Kier molecular flexibility index (Phi) is 7.72. The molecule has 0 saturated carbocycles. The summed E-state index contributed by atoms with van der Waals surface area (Å²) >= 11 is 7.64. The second kappa shape index (κ2) is 10.5. The number of rotatable bonds is 9. The number of amides is 1. The summed E-state index contributed by atoms with van der Waals surface area (Å²) in [6, 6.07) is 17.9. The second-order valence-corrected chi connectivity index (χ2v) is 8.31. The third-order valence-corrected chi connectivity index (χ3v) is 5.82. The number of hydrogen-bond donors (Lipinski definition) is 1. The van der Waals surface area contributed by atoms with E-state index >= 15 is 0 Å².